The van der Waals surface area contributed by atoms with Crippen molar-refractivity contribution in [3.8, 4) is 0 Å². The van der Waals surface area contributed by atoms with Crippen LogP contribution in [0.1, 0.15) is 0 Å². The van der Waals surface area contributed by atoms with E-state index < -0.39 is 10.4 Å². The molecule has 0 aromatic carbocycles. The van der Waals surface area contributed by atoms with E-state index in [2.05, 4.69) is 0 Å². The van der Waals surface area contributed by atoms with Crippen LogP contribution in [0.5, 0.6) is 0 Å². The summed E-state index contributed by atoms with van der Waals surface area (Å²) in [5, 5.41) is 0. The summed E-state index contributed by atoms with van der Waals surface area (Å²) in [6.07, 6.45) is 0. The fraction of sp³-hybridized carbons (Fsp3) is 0. The summed E-state index contributed by atoms with van der Waals surface area (Å²) in [4.78, 5) is 0. The van der Waals surface area contributed by atoms with Crippen LogP contribution in [0.4, 0.5) is 0 Å². The Morgan fingerprint density at radius 2 is 1.00 bits per heavy atom. The van der Waals surface area contributed by atoms with Gasteiger partial charge in [-0.3, -0.25) is 9.11 Å². The second kappa shape index (κ2) is 6.00. The summed E-state index contributed by atoms with van der Waals surface area (Å²) in [7, 11) is -4.67. The predicted molar refractivity (Wildman–Crippen MR) is 28.5 cm³/mol. The summed E-state index contributed by atoms with van der Waals surface area (Å²) in [6, 6.07) is 0. The SMILES string of the molecule is O=S(=O)(O)O.[NaH].[NaH]. The Labute approximate surface area is 85.8 Å². The molecule has 0 rings (SSSR count). The Kier molecular flexibility index (Phi) is 13.7. The van der Waals surface area contributed by atoms with Gasteiger partial charge in [-0.1, -0.05) is 0 Å². The molecule has 0 saturated carbocycles. The van der Waals surface area contributed by atoms with Crippen LogP contribution < -0.4 is 0 Å². The third-order valence-corrected chi connectivity index (χ3v) is 0. The average molecular weight is 146 g/mol. The van der Waals surface area contributed by atoms with Gasteiger partial charge < -0.3 is 0 Å². The normalized spacial score (nSPS) is 8.29. The van der Waals surface area contributed by atoms with Crippen molar-refractivity contribution in [2.24, 2.45) is 0 Å². The fourth-order valence-electron chi connectivity index (χ4n) is 0. The van der Waals surface area contributed by atoms with E-state index >= 15 is 0 Å². The molecule has 0 aliphatic heterocycles. The first-order valence-corrected chi connectivity index (χ1v) is 2.10. The predicted octanol–water partition coefficient (Wildman–Crippen LogP) is -1.95. The molecule has 7 heavy (non-hydrogen) atoms. The summed E-state index contributed by atoms with van der Waals surface area (Å²) in [6.45, 7) is 0. The van der Waals surface area contributed by atoms with Crippen LogP contribution in [-0.4, -0.2) is 76.6 Å². The van der Waals surface area contributed by atoms with Crippen molar-refractivity contribution in [2.75, 3.05) is 0 Å². The summed E-state index contributed by atoms with van der Waals surface area (Å²) >= 11 is 0. The van der Waals surface area contributed by atoms with Crippen LogP contribution in [0.25, 0.3) is 0 Å². The third-order valence-electron chi connectivity index (χ3n) is 0. The molecule has 0 aromatic rings. The van der Waals surface area contributed by atoms with Crippen molar-refractivity contribution >= 4 is 69.5 Å². The number of hydrogen-bond donors (Lipinski definition) is 2. The van der Waals surface area contributed by atoms with Gasteiger partial charge in [-0.05, 0) is 0 Å². The molecule has 0 atom stereocenters. The van der Waals surface area contributed by atoms with E-state index in [1.807, 2.05) is 0 Å². The third kappa shape index (κ3) is 77.5. The van der Waals surface area contributed by atoms with Gasteiger partial charge in [0.05, 0.1) is 0 Å². The van der Waals surface area contributed by atoms with Crippen LogP contribution in [-0.2, 0) is 10.4 Å². The molecule has 0 fully saturated rings. The van der Waals surface area contributed by atoms with Crippen molar-refractivity contribution in [3.05, 3.63) is 0 Å². The van der Waals surface area contributed by atoms with Crippen molar-refractivity contribution in [1.82, 2.24) is 0 Å². The molecule has 0 aromatic heterocycles. The first-order valence-electron chi connectivity index (χ1n) is 0.698. The van der Waals surface area contributed by atoms with Gasteiger partial charge in [0.15, 0.2) is 0 Å². The van der Waals surface area contributed by atoms with Crippen LogP contribution >= 0.6 is 0 Å². The molecular formula is H4Na2O4S. The molecule has 0 aliphatic carbocycles. The van der Waals surface area contributed by atoms with Crippen molar-refractivity contribution in [1.29, 1.82) is 0 Å². The summed E-state index contributed by atoms with van der Waals surface area (Å²) in [5.74, 6) is 0. The van der Waals surface area contributed by atoms with E-state index in [-0.39, 0.29) is 59.1 Å². The van der Waals surface area contributed by atoms with Gasteiger partial charge in [0.1, 0.15) is 0 Å². The molecule has 0 unspecified atom stereocenters. The van der Waals surface area contributed by atoms with Crippen LogP contribution in [0, 0.1) is 0 Å². The quantitative estimate of drug-likeness (QED) is 0.307. The minimum atomic E-state index is -4.67. The molecule has 0 amide bonds. The second-order valence-corrected chi connectivity index (χ2v) is 1.34. The molecular weight excluding hydrogens is 142 g/mol. The monoisotopic (exact) mass is 146 g/mol. The van der Waals surface area contributed by atoms with Gasteiger partial charge in [-0.2, -0.15) is 8.42 Å². The molecule has 7 heteroatoms. The standard InChI is InChI=1S/2Na.H2O4S.2H/c;;1-5(2,3)4;;/h;;(H2,1,2,3,4);;. The van der Waals surface area contributed by atoms with Crippen molar-refractivity contribution in [2.45, 2.75) is 0 Å². The van der Waals surface area contributed by atoms with Crippen LogP contribution in [0.2, 0.25) is 0 Å². The Balaban J connectivity index is -0.0000000800. The molecule has 36 valence electrons. The molecule has 0 spiro atoms. The molecule has 0 radical (unpaired) electrons. The summed E-state index contributed by atoms with van der Waals surface area (Å²) in [5.41, 5.74) is 0. The van der Waals surface area contributed by atoms with E-state index in [1.54, 1.807) is 0 Å². The van der Waals surface area contributed by atoms with Gasteiger partial charge in [-0.25, -0.2) is 0 Å². The first-order chi connectivity index (χ1) is 2.00. The molecule has 2 N–H and O–H groups in total. The van der Waals surface area contributed by atoms with Gasteiger partial charge in [-0.15, -0.1) is 0 Å². The van der Waals surface area contributed by atoms with E-state index in [1.165, 1.54) is 0 Å². The minimum absolute atomic E-state index is 0. The zero-order valence-corrected chi connectivity index (χ0v) is 2.94. The Hall–Kier alpha value is 1.87. The van der Waals surface area contributed by atoms with Gasteiger partial charge >= 0.3 is 69.5 Å². The molecule has 4 nitrogen and oxygen atoms in total. The van der Waals surface area contributed by atoms with Crippen molar-refractivity contribution in [3.63, 3.8) is 0 Å². The van der Waals surface area contributed by atoms with Gasteiger partial charge in [0, 0.05) is 0 Å². The Morgan fingerprint density at radius 3 is 1.00 bits per heavy atom. The fourth-order valence-corrected chi connectivity index (χ4v) is 0. The van der Waals surface area contributed by atoms with Crippen molar-refractivity contribution < 1.29 is 17.5 Å². The summed E-state index contributed by atoms with van der Waals surface area (Å²) < 4.78 is 31.6. The maximum absolute atomic E-state index is 8.74. The zero-order valence-electron chi connectivity index (χ0n) is 2.12. The Morgan fingerprint density at radius 1 is 1.00 bits per heavy atom. The van der Waals surface area contributed by atoms with Crippen LogP contribution in [0.3, 0.4) is 0 Å². The number of rotatable bonds is 0. The van der Waals surface area contributed by atoms with E-state index in [9.17, 15) is 0 Å². The molecule has 0 saturated heterocycles. The average Bonchev–Trinajstić information content (AvgIpc) is 0.722. The second-order valence-electron chi connectivity index (χ2n) is 0.448. The topological polar surface area (TPSA) is 74.6 Å². The Bertz CT molecular complexity index is 92.9. The molecule has 0 bridgehead atoms. The van der Waals surface area contributed by atoms with Crippen LogP contribution in [0.15, 0.2) is 0 Å². The number of hydrogen-bond acceptors (Lipinski definition) is 2. The molecule has 0 aliphatic rings. The van der Waals surface area contributed by atoms with Gasteiger partial charge in [0.2, 0.25) is 0 Å². The maximum atomic E-state index is 8.74. The van der Waals surface area contributed by atoms with E-state index in [0.717, 1.165) is 0 Å². The van der Waals surface area contributed by atoms with Gasteiger partial charge in [0.25, 0.3) is 0 Å². The first kappa shape index (κ1) is 15.9. The van der Waals surface area contributed by atoms with E-state index in [0.29, 0.717) is 0 Å². The van der Waals surface area contributed by atoms with E-state index in [4.69, 9.17) is 17.5 Å². The molecule has 0 heterocycles. The zero-order chi connectivity index (χ0) is 4.50.